The van der Waals surface area contributed by atoms with E-state index in [9.17, 15) is 19.8 Å². The lowest BCUT2D eigenvalue weighted by molar-refractivity contribution is -0.146. The Kier molecular flexibility index (Phi) is 11.6. The van der Waals surface area contributed by atoms with E-state index in [1.165, 1.54) is 0 Å². The summed E-state index contributed by atoms with van der Waals surface area (Å²) in [6.07, 6.45) is 1.09. The molecule has 1 amide bonds. The smallest absolute Gasteiger partial charge is 0.329 e. The Hall–Kier alpha value is -2.88. The summed E-state index contributed by atoms with van der Waals surface area (Å²) in [6, 6.07) is 14.3. The number of halogens is 3. The maximum atomic E-state index is 13.4. The van der Waals surface area contributed by atoms with Crippen LogP contribution >= 0.6 is 35.6 Å². The number of hydrogen-bond donors (Lipinski definition) is 3. The van der Waals surface area contributed by atoms with Crippen LogP contribution in [-0.2, 0) is 4.79 Å². The van der Waals surface area contributed by atoms with Crippen LogP contribution in [0.4, 0.5) is 0 Å². The van der Waals surface area contributed by atoms with Crippen molar-refractivity contribution in [1.29, 1.82) is 0 Å². The molecule has 0 atom stereocenters. The monoisotopic (exact) mass is 635 g/mol. The largest absolute Gasteiger partial charge is 0.492 e. The Balaban J connectivity index is 0.00000484. The molecule has 3 N–H and O–H groups in total. The molecule has 0 radical (unpaired) electrons. The van der Waals surface area contributed by atoms with Crippen LogP contribution in [0.15, 0.2) is 48.5 Å². The van der Waals surface area contributed by atoms with Crippen LogP contribution in [0, 0.1) is 6.92 Å². The van der Waals surface area contributed by atoms with Gasteiger partial charge in [0.1, 0.15) is 17.0 Å². The maximum absolute atomic E-state index is 13.4. The molecule has 0 saturated heterocycles. The van der Waals surface area contributed by atoms with E-state index in [0.29, 0.717) is 46.5 Å². The molecule has 1 aromatic heterocycles. The SMILES string of the molecule is Cc1ccc(Cl)cc1-c1ccc(C(=O)NC2(C(=O)O)CCC(O)CC2)nc1-c1ccc(Cl)c(OCCCN(C)C)c1.Cl. The lowest BCUT2D eigenvalue weighted by atomic mass is 9.80. The average molecular weight is 637 g/mol. The third kappa shape index (κ3) is 7.94. The van der Waals surface area contributed by atoms with Crippen molar-refractivity contribution in [3.05, 3.63) is 69.8 Å². The number of carboxylic acids is 1. The van der Waals surface area contributed by atoms with Crippen molar-refractivity contribution in [3.63, 3.8) is 0 Å². The molecule has 1 saturated carbocycles. The molecular formula is C31H36Cl3N3O5. The van der Waals surface area contributed by atoms with Gasteiger partial charge in [0.2, 0.25) is 0 Å². The zero-order valence-electron chi connectivity index (χ0n) is 23.8. The van der Waals surface area contributed by atoms with Gasteiger partial charge in [-0.25, -0.2) is 9.78 Å². The van der Waals surface area contributed by atoms with E-state index in [1.54, 1.807) is 24.3 Å². The van der Waals surface area contributed by atoms with Gasteiger partial charge < -0.3 is 25.2 Å². The van der Waals surface area contributed by atoms with Gasteiger partial charge in [0.05, 0.1) is 23.4 Å². The van der Waals surface area contributed by atoms with Gasteiger partial charge in [0.15, 0.2) is 0 Å². The number of ether oxygens (including phenoxy) is 1. The second kappa shape index (κ2) is 14.5. The predicted octanol–water partition coefficient (Wildman–Crippen LogP) is 6.27. The van der Waals surface area contributed by atoms with Gasteiger partial charge in [0.25, 0.3) is 5.91 Å². The zero-order chi connectivity index (χ0) is 29.7. The van der Waals surface area contributed by atoms with Gasteiger partial charge in [-0.05, 0) is 101 Å². The Morgan fingerprint density at radius 2 is 1.79 bits per heavy atom. The molecule has 0 spiro atoms. The zero-order valence-corrected chi connectivity index (χ0v) is 26.2. The highest BCUT2D eigenvalue weighted by Crippen LogP contribution is 2.38. The van der Waals surface area contributed by atoms with E-state index in [2.05, 4.69) is 10.2 Å². The fraction of sp³-hybridized carbons (Fsp3) is 0.387. The lowest BCUT2D eigenvalue weighted by Gasteiger charge is -2.35. The molecule has 1 aliphatic rings. The molecule has 2 aromatic carbocycles. The summed E-state index contributed by atoms with van der Waals surface area (Å²) in [5, 5.41) is 23.6. The summed E-state index contributed by atoms with van der Waals surface area (Å²) in [5.74, 6) is -1.23. The molecule has 0 unspecified atom stereocenters. The van der Waals surface area contributed by atoms with E-state index >= 15 is 0 Å². The number of carbonyl (C=O) groups is 2. The first kappa shape index (κ1) is 33.6. The Morgan fingerprint density at radius 3 is 2.45 bits per heavy atom. The molecule has 1 heterocycles. The first-order valence-corrected chi connectivity index (χ1v) is 14.3. The average Bonchev–Trinajstić information content (AvgIpc) is 2.94. The van der Waals surface area contributed by atoms with Crippen molar-refractivity contribution in [2.75, 3.05) is 27.2 Å². The number of rotatable bonds is 10. The number of aliphatic carboxylic acids is 1. The number of carbonyl (C=O) groups excluding carboxylic acids is 1. The Bertz CT molecular complexity index is 1420. The van der Waals surface area contributed by atoms with E-state index in [0.717, 1.165) is 29.7 Å². The number of aliphatic hydroxyl groups excluding tert-OH is 1. The summed E-state index contributed by atoms with van der Waals surface area (Å²) in [5.41, 5.74) is 2.34. The predicted molar refractivity (Wildman–Crippen MR) is 168 cm³/mol. The Labute approximate surface area is 262 Å². The van der Waals surface area contributed by atoms with Crippen molar-refractivity contribution >= 4 is 47.5 Å². The molecule has 0 aliphatic heterocycles. The van der Waals surface area contributed by atoms with Crippen LogP contribution in [0.1, 0.15) is 48.2 Å². The molecule has 4 rings (SSSR count). The fourth-order valence-corrected chi connectivity index (χ4v) is 5.34. The number of aliphatic hydroxyl groups is 1. The maximum Gasteiger partial charge on any atom is 0.329 e. The minimum atomic E-state index is -1.46. The second-order valence-corrected chi connectivity index (χ2v) is 11.6. The first-order chi connectivity index (χ1) is 19.5. The summed E-state index contributed by atoms with van der Waals surface area (Å²) < 4.78 is 5.99. The van der Waals surface area contributed by atoms with Crippen LogP contribution in [-0.4, -0.2) is 70.9 Å². The second-order valence-electron chi connectivity index (χ2n) is 10.8. The van der Waals surface area contributed by atoms with Gasteiger partial charge in [-0.15, -0.1) is 12.4 Å². The van der Waals surface area contributed by atoms with Crippen molar-refractivity contribution in [1.82, 2.24) is 15.2 Å². The van der Waals surface area contributed by atoms with Crippen LogP contribution in [0.25, 0.3) is 22.4 Å². The minimum Gasteiger partial charge on any atom is -0.492 e. The number of nitrogens with one attached hydrogen (secondary N) is 1. The van der Waals surface area contributed by atoms with Crippen LogP contribution in [0.2, 0.25) is 10.0 Å². The molecule has 11 heteroatoms. The van der Waals surface area contributed by atoms with Crippen LogP contribution in [0.5, 0.6) is 5.75 Å². The summed E-state index contributed by atoms with van der Waals surface area (Å²) >= 11 is 12.8. The highest BCUT2D eigenvalue weighted by molar-refractivity contribution is 6.32. The molecule has 1 aliphatic carbocycles. The van der Waals surface area contributed by atoms with Crippen molar-refractivity contribution in [2.45, 2.75) is 50.7 Å². The molecule has 0 bridgehead atoms. The number of carboxylic acid groups (broad SMARTS) is 1. The molecule has 3 aromatic rings. The number of nitrogens with zero attached hydrogens (tertiary/aromatic N) is 2. The number of aromatic nitrogens is 1. The normalized spacial score (nSPS) is 18.3. The molecule has 1 fully saturated rings. The summed E-state index contributed by atoms with van der Waals surface area (Å²) in [6.45, 7) is 3.31. The van der Waals surface area contributed by atoms with Gasteiger partial charge in [-0.3, -0.25) is 4.79 Å². The van der Waals surface area contributed by atoms with Crippen molar-refractivity contribution in [3.8, 4) is 28.1 Å². The number of benzene rings is 2. The standard InChI is InChI=1S/C31H35Cl2N3O5.ClH/c1-19-5-7-21(32)18-24(19)23-8-10-26(29(38)35-31(30(39)40)13-11-22(37)12-14-31)34-28(23)20-6-9-25(33)27(17-20)41-16-4-15-36(2)3;/h5-10,17-18,22,37H,4,11-16H2,1-3H3,(H,35,38)(H,39,40);1H. The first-order valence-electron chi connectivity index (χ1n) is 13.6. The van der Waals surface area contributed by atoms with Gasteiger partial charge in [-0.2, -0.15) is 0 Å². The van der Waals surface area contributed by atoms with Gasteiger partial charge >= 0.3 is 5.97 Å². The lowest BCUT2D eigenvalue weighted by Crippen LogP contribution is -2.57. The van der Waals surface area contributed by atoms with E-state index in [-0.39, 0.29) is 30.9 Å². The molecule has 42 heavy (non-hydrogen) atoms. The van der Waals surface area contributed by atoms with E-state index < -0.39 is 23.5 Å². The quantitative estimate of drug-likeness (QED) is 0.225. The van der Waals surface area contributed by atoms with Crippen molar-refractivity contribution < 1.29 is 24.5 Å². The third-order valence-corrected chi connectivity index (χ3v) is 7.95. The molecule has 8 nitrogen and oxygen atoms in total. The topological polar surface area (TPSA) is 112 Å². The van der Waals surface area contributed by atoms with Crippen LogP contribution < -0.4 is 10.1 Å². The third-order valence-electron chi connectivity index (χ3n) is 7.40. The van der Waals surface area contributed by atoms with E-state index in [1.807, 2.05) is 45.3 Å². The Morgan fingerprint density at radius 1 is 1.07 bits per heavy atom. The molecular weight excluding hydrogens is 601 g/mol. The van der Waals surface area contributed by atoms with Gasteiger partial charge in [-0.1, -0.05) is 35.3 Å². The minimum absolute atomic E-state index is 0. The number of pyridine rings is 1. The number of hydrogen-bond acceptors (Lipinski definition) is 6. The van der Waals surface area contributed by atoms with Crippen LogP contribution in [0.3, 0.4) is 0 Å². The summed E-state index contributed by atoms with van der Waals surface area (Å²) in [7, 11) is 4.00. The number of aryl methyl sites for hydroxylation is 1. The highest BCUT2D eigenvalue weighted by atomic mass is 35.5. The van der Waals surface area contributed by atoms with Gasteiger partial charge in [0, 0.05) is 22.7 Å². The molecule has 226 valence electrons. The fourth-order valence-electron chi connectivity index (χ4n) is 5.00. The number of amides is 1. The van der Waals surface area contributed by atoms with E-state index in [4.69, 9.17) is 32.9 Å². The summed E-state index contributed by atoms with van der Waals surface area (Å²) in [4.78, 5) is 32.5. The highest BCUT2D eigenvalue weighted by Gasteiger charge is 2.43. The van der Waals surface area contributed by atoms with Crippen molar-refractivity contribution in [2.24, 2.45) is 0 Å².